The Hall–Kier alpha value is -2.18. The second-order valence-electron chi connectivity index (χ2n) is 11.4. The third-order valence-electron chi connectivity index (χ3n) is 8.67. The standard InChI is InChI=1S/C30H38BrN3O2/c1-22(2)28(35)34-20-25(27(21-34)24-6-4-3-5-7-24)19-32-15-12-30(13-16-32)14-17-33(29(30)36)18-23-8-10-26(31)11-9-23/h3-11,22,25,27H,12-21H2,1-2H3. The van der Waals surface area contributed by atoms with Crippen molar-refractivity contribution < 1.29 is 9.59 Å². The zero-order valence-electron chi connectivity index (χ0n) is 21.5. The van der Waals surface area contributed by atoms with Crippen molar-refractivity contribution >= 4 is 27.7 Å². The highest BCUT2D eigenvalue weighted by Gasteiger charge is 2.48. The molecule has 3 saturated heterocycles. The fourth-order valence-corrected chi connectivity index (χ4v) is 6.76. The largest absolute Gasteiger partial charge is 0.342 e. The minimum atomic E-state index is -0.181. The van der Waals surface area contributed by atoms with Crippen LogP contribution in [0.15, 0.2) is 59.1 Å². The summed E-state index contributed by atoms with van der Waals surface area (Å²) in [5, 5.41) is 0. The molecule has 3 heterocycles. The van der Waals surface area contributed by atoms with Gasteiger partial charge in [-0.3, -0.25) is 9.59 Å². The average molecular weight is 553 g/mol. The normalized spacial score (nSPS) is 24.3. The third kappa shape index (κ3) is 5.26. The predicted molar refractivity (Wildman–Crippen MR) is 146 cm³/mol. The Morgan fingerprint density at radius 1 is 0.972 bits per heavy atom. The molecule has 2 aromatic carbocycles. The van der Waals surface area contributed by atoms with E-state index < -0.39 is 0 Å². The first kappa shape index (κ1) is 25.5. The van der Waals surface area contributed by atoms with Crippen LogP contribution in [0.4, 0.5) is 0 Å². The summed E-state index contributed by atoms with van der Waals surface area (Å²) in [6, 6.07) is 19.0. The van der Waals surface area contributed by atoms with Crippen LogP contribution in [0.5, 0.6) is 0 Å². The number of rotatable bonds is 6. The molecule has 0 aliphatic carbocycles. The third-order valence-corrected chi connectivity index (χ3v) is 9.20. The van der Waals surface area contributed by atoms with Crippen molar-refractivity contribution in [2.45, 2.75) is 45.6 Å². The first-order valence-electron chi connectivity index (χ1n) is 13.4. The SMILES string of the molecule is CC(C)C(=O)N1CC(CN2CCC3(CC2)CCN(Cc2ccc(Br)cc2)C3=O)C(c2ccccc2)C1. The molecule has 0 bridgehead atoms. The van der Waals surface area contributed by atoms with Crippen molar-refractivity contribution in [3.63, 3.8) is 0 Å². The number of benzene rings is 2. The number of likely N-dealkylation sites (tertiary alicyclic amines) is 3. The Morgan fingerprint density at radius 3 is 2.31 bits per heavy atom. The molecular weight excluding hydrogens is 514 g/mol. The van der Waals surface area contributed by atoms with Gasteiger partial charge in [0.15, 0.2) is 0 Å². The summed E-state index contributed by atoms with van der Waals surface area (Å²) in [5.74, 6) is 1.45. The van der Waals surface area contributed by atoms with Gasteiger partial charge in [0, 0.05) is 49.0 Å². The molecule has 3 aliphatic rings. The molecular formula is C30H38BrN3O2. The van der Waals surface area contributed by atoms with Gasteiger partial charge in [-0.15, -0.1) is 0 Å². The number of piperidine rings is 1. The lowest BCUT2D eigenvalue weighted by atomic mass is 9.76. The van der Waals surface area contributed by atoms with Gasteiger partial charge >= 0.3 is 0 Å². The maximum atomic E-state index is 13.5. The minimum absolute atomic E-state index is 0.0313. The molecule has 6 heteroatoms. The zero-order valence-corrected chi connectivity index (χ0v) is 23.1. The van der Waals surface area contributed by atoms with Crippen LogP contribution in [0.25, 0.3) is 0 Å². The van der Waals surface area contributed by atoms with E-state index in [2.05, 4.69) is 73.1 Å². The van der Waals surface area contributed by atoms with Gasteiger partial charge in [-0.05, 0) is 61.5 Å². The van der Waals surface area contributed by atoms with Crippen LogP contribution >= 0.6 is 15.9 Å². The first-order valence-corrected chi connectivity index (χ1v) is 14.2. The number of hydrogen-bond acceptors (Lipinski definition) is 3. The molecule has 0 aromatic heterocycles. The molecule has 3 aliphatic heterocycles. The van der Waals surface area contributed by atoms with Crippen molar-refractivity contribution in [2.75, 3.05) is 39.3 Å². The number of carbonyl (C=O) groups is 2. The van der Waals surface area contributed by atoms with E-state index in [0.717, 1.165) is 63.0 Å². The van der Waals surface area contributed by atoms with Crippen molar-refractivity contribution in [3.8, 4) is 0 Å². The Morgan fingerprint density at radius 2 is 1.64 bits per heavy atom. The first-order chi connectivity index (χ1) is 17.3. The van der Waals surface area contributed by atoms with Crippen LogP contribution in [0.1, 0.15) is 50.2 Å². The van der Waals surface area contributed by atoms with E-state index in [4.69, 9.17) is 0 Å². The predicted octanol–water partition coefficient (Wildman–Crippen LogP) is 5.16. The van der Waals surface area contributed by atoms with E-state index in [9.17, 15) is 9.59 Å². The van der Waals surface area contributed by atoms with E-state index in [1.54, 1.807) is 0 Å². The van der Waals surface area contributed by atoms with Crippen LogP contribution in [0.3, 0.4) is 0 Å². The molecule has 5 nitrogen and oxygen atoms in total. The van der Waals surface area contributed by atoms with Gasteiger partial charge in [0.05, 0.1) is 5.41 Å². The van der Waals surface area contributed by atoms with Gasteiger partial charge in [-0.2, -0.15) is 0 Å². The summed E-state index contributed by atoms with van der Waals surface area (Å²) in [5.41, 5.74) is 2.35. The quantitative estimate of drug-likeness (QED) is 0.498. The van der Waals surface area contributed by atoms with E-state index in [0.29, 0.717) is 24.3 Å². The smallest absolute Gasteiger partial charge is 0.229 e. The number of hydrogen-bond donors (Lipinski definition) is 0. The zero-order chi connectivity index (χ0) is 25.3. The maximum absolute atomic E-state index is 13.5. The highest BCUT2D eigenvalue weighted by atomic mass is 79.9. The molecule has 192 valence electrons. The second-order valence-corrected chi connectivity index (χ2v) is 12.3. The van der Waals surface area contributed by atoms with Gasteiger partial charge in [-0.1, -0.05) is 72.2 Å². The summed E-state index contributed by atoms with van der Waals surface area (Å²) in [6.07, 6.45) is 2.86. The van der Waals surface area contributed by atoms with Crippen LogP contribution in [-0.4, -0.2) is 65.8 Å². The van der Waals surface area contributed by atoms with E-state index in [-0.39, 0.29) is 17.2 Å². The van der Waals surface area contributed by atoms with Gasteiger partial charge < -0.3 is 14.7 Å². The lowest BCUT2D eigenvalue weighted by molar-refractivity contribution is -0.139. The molecule has 0 saturated carbocycles. The molecule has 3 fully saturated rings. The number of nitrogens with zero attached hydrogens (tertiary/aromatic N) is 3. The number of halogens is 1. The molecule has 2 atom stereocenters. The average Bonchev–Trinajstić information content (AvgIpc) is 3.44. The van der Waals surface area contributed by atoms with Gasteiger partial charge in [0.2, 0.25) is 11.8 Å². The molecule has 36 heavy (non-hydrogen) atoms. The summed E-state index contributed by atoms with van der Waals surface area (Å²) >= 11 is 3.49. The Kier molecular flexibility index (Phi) is 7.55. The van der Waals surface area contributed by atoms with Crippen molar-refractivity contribution in [1.29, 1.82) is 0 Å². The fraction of sp³-hybridized carbons (Fsp3) is 0.533. The van der Waals surface area contributed by atoms with Gasteiger partial charge in [-0.25, -0.2) is 0 Å². The van der Waals surface area contributed by atoms with Gasteiger partial charge in [0.25, 0.3) is 0 Å². The van der Waals surface area contributed by atoms with Crippen molar-refractivity contribution in [2.24, 2.45) is 17.3 Å². The maximum Gasteiger partial charge on any atom is 0.229 e. The monoisotopic (exact) mass is 551 g/mol. The molecule has 2 amide bonds. The molecule has 5 rings (SSSR count). The Balaban J connectivity index is 1.21. The molecule has 2 unspecified atom stereocenters. The summed E-state index contributed by atoms with van der Waals surface area (Å²) in [6.45, 7) is 10.1. The fourth-order valence-electron chi connectivity index (χ4n) is 6.49. The molecule has 0 N–H and O–H groups in total. The molecule has 2 aromatic rings. The van der Waals surface area contributed by atoms with Crippen LogP contribution in [-0.2, 0) is 16.1 Å². The second kappa shape index (κ2) is 10.7. The van der Waals surface area contributed by atoms with Crippen LogP contribution in [0, 0.1) is 17.3 Å². The summed E-state index contributed by atoms with van der Waals surface area (Å²) < 4.78 is 1.07. The van der Waals surface area contributed by atoms with Crippen molar-refractivity contribution in [3.05, 3.63) is 70.2 Å². The van der Waals surface area contributed by atoms with E-state index >= 15 is 0 Å². The van der Waals surface area contributed by atoms with E-state index in [1.165, 1.54) is 11.1 Å². The highest BCUT2D eigenvalue weighted by molar-refractivity contribution is 9.10. The Labute approximate surface area is 224 Å². The number of carbonyl (C=O) groups excluding carboxylic acids is 2. The van der Waals surface area contributed by atoms with Crippen LogP contribution < -0.4 is 0 Å². The molecule has 1 spiro atoms. The highest BCUT2D eigenvalue weighted by Crippen LogP contribution is 2.43. The van der Waals surface area contributed by atoms with Crippen LogP contribution in [0.2, 0.25) is 0 Å². The number of amides is 2. The lowest BCUT2D eigenvalue weighted by Crippen LogP contribution is -2.46. The van der Waals surface area contributed by atoms with Crippen molar-refractivity contribution in [1.82, 2.24) is 14.7 Å². The lowest BCUT2D eigenvalue weighted by Gasteiger charge is -2.39. The topological polar surface area (TPSA) is 43.9 Å². The summed E-state index contributed by atoms with van der Waals surface area (Å²) in [4.78, 5) is 33.0. The molecule has 0 radical (unpaired) electrons. The Bertz CT molecular complexity index is 1060. The van der Waals surface area contributed by atoms with E-state index in [1.807, 2.05) is 26.0 Å². The minimum Gasteiger partial charge on any atom is -0.342 e. The summed E-state index contributed by atoms with van der Waals surface area (Å²) in [7, 11) is 0. The van der Waals surface area contributed by atoms with Gasteiger partial charge in [0.1, 0.15) is 0 Å².